The standard InChI is InChI=1S/C19H13N/c1-2-6-14-10-18(11-15(14)7-3-1)19-12-16-8-4-5-9-17(16)13-20-19/h1-13H. The Morgan fingerprint density at radius 1 is 0.550 bits per heavy atom. The minimum Gasteiger partial charge on any atom is -0.256 e. The molecular formula is C19H13N. The Morgan fingerprint density at radius 2 is 1.20 bits per heavy atom. The fourth-order valence-corrected chi connectivity index (χ4v) is 2.60. The molecule has 0 aliphatic heterocycles. The van der Waals surface area contributed by atoms with Crippen molar-refractivity contribution < 1.29 is 0 Å². The molecule has 0 N–H and O–H groups in total. The number of rotatable bonds is 1. The number of hydrogen-bond donors (Lipinski definition) is 0. The molecule has 20 heavy (non-hydrogen) atoms. The topological polar surface area (TPSA) is 12.9 Å². The summed E-state index contributed by atoms with van der Waals surface area (Å²) in [6.07, 6.45) is 1.95. The minimum absolute atomic E-state index is 1.03. The highest BCUT2D eigenvalue weighted by atomic mass is 14.7. The predicted octanol–water partition coefficient (Wildman–Crippen LogP) is 5.01. The quantitative estimate of drug-likeness (QED) is 0.466. The van der Waals surface area contributed by atoms with Crippen LogP contribution in [-0.4, -0.2) is 4.98 Å². The Hall–Kier alpha value is -2.67. The van der Waals surface area contributed by atoms with Crippen molar-refractivity contribution in [3.63, 3.8) is 0 Å². The monoisotopic (exact) mass is 255 g/mol. The molecule has 1 heterocycles. The summed E-state index contributed by atoms with van der Waals surface area (Å²) in [4.78, 5) is 4.59. The maximum absolute atomic E-state index is 4.59. The molecule has 0 fully saturated rings. The summed E-state index contributed by atoms with van der Waals surface area (Å²) < 4.78 is 0. The molecule has 0 atom stereocenters. The first-order valence-electron chi connectivity index (χ1n) is 6.74. The molecule has 1 aromatic carbocycles. The molecule has 4 rings (SSSR count). The molecule has 0 spiro atoms. The normalized spacial score (nSPS) is 11.0. The van der Waals surface area contributed by atoms with Crippen LogP contribution in [0.1, 0.15) is 0 Å². The molecule has 1 aromatic heterocycles. The van der Waals surface area contributed by atoms with E-state index in [1.165, 1.54) is 27.5 Å². The molecule has 0 amide bonds. The Bertz CT molecular complexity index is 833. The second-order valence-electron chi connectivity index (χ2n) is 4.98. The lowest BCUT2D eigenvalue weighted by Gasteiger charge is -2.00. The number of fused-ring (bicyclic) bond motifs is 2. The van der Waals surface area contributed by atoms with Crippen LogP contribution < -0.4 is 0 Å². The van der Waals surface area contributed by atoms with Crippen LogP contribution in [0.3, 0.4) is 0 Å². The fourth-order valence-electron chi connectivity index (χ4n) is 2.60. The van der Waals surface area contributed by atoms with E-state index in [0.717, 1.165) is 5.69 Å². The largest absolute Gasteiger partial charge is 0.256 e. The summed E-state index contributed by atoms with van der Waals surface area (Å²) in [5.41, 5.74) is 4.71. The Labute approximate surface area is 117 Å². The SMILES string of the molecule is c1ccc2cc(-c3cc4ccccc4cn3)cc-2cc1. The number of aromatic nitrogens is 1. The smallest absolute Gasteiger partial charge is 0.0708 e. The van der Waals surface area contributed by atoms with Gasteiger partial charge in [-0.15, -0.1) is 0 Å². The van der Waals surface area contributed by atoms with Crippen LogP contribution in [0.5, 0.6) is 0 Å². The van der Waals surface area contributed by atoms with E-state index in [1.807, 2.05) is 18.3 Å². The summed E-state index contributed by atoms with van der Waals surface area (Å²) in [6, 6.07) is 25.3. The van der Waals surface area contributed by atoms with Gasteiger partial charge in [-0.3, -0.25) is 4.98 Å². The number of hydrogen-bond acceptors (Lipinski definition) is 1. The van der Waals surface area contributed by atoms with Crippen LogP contribution in [0.15, 0.2) is 79.0 Å². The lowest BCUT2D eigenvalue weighted by Crippen LogP contribution is -1.81. The van der Waals surface area contributed by atoms with Crippen LogP contribution in [0.2, 0.25) is 0 Å². The van der Waals surface area contributed by atoms with E-state index in [-0.39, 0.29) is 0 Å². The fraction of sp³-hybridized carbons (Fsp3) is 0. The third-order valence-corrected chi connectivity index (χ3v) is 3.66. The predicted molar refractivity (Wildman–Crippen MR) is 83.8 cm³/mol. The first kappa shape index (κ1) is 11.2. The summed E-state index contributed by atoms with van der Waals surface area (Å²) in [5.74, 6) is 0. The third kappa shape index (κ3) is 1.84. The molecule has 2 aromatic rings. The van der Waals surface area contributed by atoms with E-state index in [4.69, 9.17) is 0 Å². The highest BCUT2D eigenvalue weighted by molar-refractivity contribution is 5.87. The molecule has 0 bridgehead atoms. The molecule has 0 saturated carbocycles. The van der Waals surface area contributed by atoms with Crippen molar-refractivity contribution in [1.29, 1.82) is 0 Å². The molecule has 1 nitrogen and oxygen atoms in total. The first-order chi connectivity index (χ1) is 9.90. The van der Waals surface area contributed by atoms with Crippen LogP contribution in [-0.2, 0) is 0 Å². The van der Waals surface area contributed by atoms with Gasteiger partial charge in [0.15, 0.2) is 0 Å². The Kier molecular flexibility index (Phi) is 2.49. The second-order valence-corrected chi connectivity index (χ2v) is 4.98. The molecule has 0 radical (unpaired) electrons. The van der Waals surface area contributed by atoms with Gasteiger partial charge in [0, 0.05) is 17.1 Å². The number of benzene rings is 1. The number of nitrogens with zero attached hydrogens (tertiary/aromatic N) is 1. The molecule has 0 saturated heterocycles. The van der Waals surface area contributed by atoms with Crippen molar-refractivity contribution in [2.75, 3.05) is 0 Å². The van der Waals surface area contributed by atoms with Crippen LogP contribution in [0.25, 0.3) is 33.2 Å². The lowest BCUT2D eigenvalue weighted by atomic mass is 10.1. The first-order valence-corrected chi connectivity index (χ1v) is 6.74. The van der Waals surface area contributed by atoms with Gasteiger partial charge in [-0.2, -0.15) is 0 Å². The summed E-state index contributed by atoms with van der Waals surface area (Å²) in [6.45, 7) is 0. The lowest BCUT2D eigenvalue weighted by molar-refractivity contribution is 1.36. The van der Waals surface area contributed by atoms with Crippen molar-refractivity contribution in [3.05, 3.63) is 79.0 Å². The molecule has 2 aliphatic rings. The zero-order valence-electron chi connectivity index (χ0n) is 11.0. The van der Waals surface area contributed by atoms with Crippen molar-refractivity contribution in [2.24, 2.45) is 0 Å². The molecule has 94 valence electrons. The third-order valence-electron chi connectivity index (χ3n) is 3.66. The van der Waals surface area contributed by atoms with E-state index < -0.39 is 0 Å². The zero-order valence-corrected chi connectivity index (χ0v) is 11.0. The van der Waals surface area contributed by atoms with Gasteiger partial charge < -0.3 is 0 Å². The van der Waals surface area contributed by atoms with Gasteiger partial charge >= 0.3 is 0 Å². The van der Waals surface area contributed by atoms with Gasteiger partial charge in [-0.05, 0) is 34.7 Å². The van der Waals surface area contributed by atoms with Gasteiger partial charge in [-0.1, -0.05) is 54.6 Å². The zero-order chi connectivity index (χ0) is 13.4. The maximum atomic E-state index is 4.59. The Morgan fingerprint density at radius 3 is 1.95 bits per heavy atom. The molecule has 0 unspecified atom stereocenters. The van der Waals surface area contributed by atoms with Crippen molar-refractivity contribution >= 4 is 10.8 Å². The highest BCUT2D eigenvalue weighted by Gasteiger charge is 2.08. The van der Waals surface area contributed by atoms with Crippen LogP contribution in [0, 0.1) is 0 Å². The summed E-state index contributed by atoms with van der Waals surface area (Å²) in [7, 11) is 0. The Balaban J connectivity index is 1.91. The van der Waals surface area contributed by atoms with E-state index in [9.17, 15) is 0 Å². The average Bonchev–Trinajstić information content (AvgIpc) is 2.78. The van der Waals surface area contributed by atoms with Gasteiger partial charge in [-0.25, -0.2) is 0 Å². The van der Waals surface area contributed by atoms with Crippen molar-refractivity contribution in [2.45, 2.75) is 0 Å². The van der Waals surface area contributed by atoms with E-state index >= 15 is 0 Å². The van der Waals surface area contributed by atoms with Gasteiger partial charge in [0.1, 0.15) is 0 Å². The van der Waals surface area contributed by atoms with E-state index in [2.05, 4.69) is 65.6 Å². The highest BCUT2D eigenvalue weighted by Crippen LogP contribution is 2.31. The summed E-state index contributed by atoms with van der Waals surface area (Å²) in [5, 5.41) is 2.41. The molecular weight excluding hydrogens is 242 g/mol. The maximum Gasteiger partial charge on any atom is 0.0708 e. The van der Waals surface area contributed by atoms with E-state index in [0.29, 0.717) is 0 Å². The van der Waals surface area contributed by atoms with Gasteiger partial charge in [0.05, 0.1) is 5.69 Å². The van der Waals surface area contributed by atoms with E-state index in [1.54, 1.807) is 0 Å². The van der Waals surface area contributed by atoms with Crippen molar-refractivity contribution in [1.82, 2.24) is 4.98 Å². The van der Waals surface area contributed by atoms with Gasteiger partial charge in [0.25, 0.3) is 0 Å². The summed E-state index contributed by atoms with van der Waals surface area (Å²) >= 11 is 0. The molecule has 2 aliphatic carbocycles. The van der Waals surface area contributed by atoms with Crippen LogP contribution >= 0.6 is 0 Å². The van der Waals surface area contributed by atoms with Crippen LogP contribution in [0.4, 0.5) is 0 Å². The van der Waals surface area contributed by atoms with Gasteiger partial charge in [0.2, 0.25) is 0 Å². The minimum atomic E-state index is 1.03. The second kappa shape index (κ2) is 4.46. The van der Waals surface area contributed by atoms with Crippen molar-refractivity contribution in [3.8, 4) is 22.4 Å². The molecule has 1 heteroatoms. The average molecular weight is 255 g/mol. The number of pyridine rings is 1.